The molecule has 0 aliphatic rings. The van der Waals surface area contributed by atoms with E-state index in [1.54, 1.807) is 0 Å². The van der Waals surface area contributed by atoms with Crippen LogP contribution in [-0.2, 0) is 11.3 Å². The van der Waals surface area contributed by atoms with Crippen molar-refractivity contribution in [2.24, 2.45) is 5.73 Å². The van der Waals surface area contributed by atoms with Gasteiger partial charge in [0.15, 0.2) is 0 Å². The van der Waals surface area contributed by atoms with Gasteiger partial charge in [-0.15, -0.1) is 24.8 Å². The van der Waals surface area contributed by atoms with Crippen molar-refractivity contribution in [2.75, 3.05) is 6.54 Å². The van der Waals surface area contributed by atoms with E-state index in [2.05, 4.69) is 40.3 Å². The second kappa shape index (κ2) is 10.5. The van der Waals surface area contributed by atoms with Gasteiger partial charge in [0, 0.05) is 37.3 Å². The van der Waals surface area contributed by atoms with Gasteiger partial charge in [0.25, 0.3) is 0 Å². The minimum absolute atomic E-state index is 0. The van der Waals surface area contributed by atoms with Gasteiger partial charge in [-0.3, -0.25) is 4.79 Å². The fourth-order valence-electron chi connectivity index (χ4n) is 2.26. The lowest BCUT2D eigenvalue weighted by molar-refractivity contribution is -0.121. The summed E-state index contributed by atoms with van der Waals surface area (Å²) in [4.78, 5) is 11.5. The van der Waals surface area contributed by atoms with E-state index >= 15 is 0 Å². The molecule has 1 atom stereocenters. The molecule has 2 rings (SSSR count). The third-order valence-electron chi connectivity index (χ3n) is 3.40. The Balaban J connectivity index is 0.00000220. The molecule has 0 aliphatic heterocycles. The molecule has 1 heterocycles. The summed E-state index contributed by atoms with van der Waals surface area (Å²) >= 11 is 0. The molecule has 1 unspecified atom stereocenters. The smallest absolute Gasteiger partial charge is 0.220 e. The maximum atomic E-state index is 11.5. The molecule has 22 heavy (non-hydrogen) atoms. The highest BCUT2D eigenvalue weighted by molar-refractivity contribution is 5.85. The molecular formula is C16H25Cl2N3O. The highest BCUT2D eigenvalue weighted by atomic mass is 35.5. The Kier molecular flexibility index (Phi) is 9.90. The molecule has 4 nitrogen and oxygen atoms in total. The number of nitrogens with two attached hydrogens (primary N) is 1. The molecule has 1 amide bonds. The third kappa shape index (κ3) is 6.26. The number of carbonyl (C=O) groups excluding carboxylic acids is 1. The Bertz CT molecular complexity index is 569. The molecule has 6 heteroatoms. The molecule has 0 fully saturated rings. The fraction of sp³-hybridized carbons (Fsp3) is 0.438. The van der Waals surface area contributed by atoms with Gasteiger partial charge in [0.05, 0.1) is 0 Å². The molecule has 0 bridgehead atoms. The second-order valence-electron chi connectivity index (χ2n) is 5.29. The van der Waals surface area contributed by atoms with Crippen LogP contribution in [0.15, 0.2) is 36.5 Å². The molecule has 0 aliphatic carbocycles. The molecule has 1 aromatic heterocycles. The van der Waals surface area contributed by atoms with E-state index in [-0.39, 0.29) is 36.8 Å². The van der Waals surface area contributed by atoms with Crippen molar-refractivity contribution in [2.45, 2.75) is 38.8 Å². The zero-order chi connectivity index (χ0) is 14.4. The summed E-state index contributed by atoms with van der Waals surface area (Å²) in [5.74, 6) is 0.0969. The molecule has 0 saturated heterocycles. The van der Waals surface area contributed by atoms with Crippen molar-refractivity contribution in [1.82, 2.24) is 9.88 Å². The van der Waals surface area contributed by atoms with E-state index in [1.165, 1.54) is 10.9 Å². The topological polar surface area (TPSA) is 60.1 Å². The minimum atomic E-state index is 0. The largest absolute Gasteiger partial charge is 0.356 e. The molecule has 1 aromatic carbocycles. The van der Waals surface area contributed by atoms with Crippen LogP contribution in [0.25, 0.3) is 10.9 Å². The number of hydrogen-bond donors (Lipinski definition) is 2. The number of nitrogens with zero attached hydrogens (tertiary/aromatic N) is 1. The molecule has 0 radical (unpaired) electrons. The number of rotatable bonds is 7. The van der Waals surface area contributed by atoms with E-state index in [9.17, 15) is 4.79 Å². The van der Waals surface area contributed by atoms with Crippen LogP contribution in [0.3, 0.4) is 0 Å². The third-order valence-corrected chi connectivity index (χ3v) is 3.40. The Hall–Kier alpha value is -1.23. The number of aryl methyl sites for hydroxylation is 1. The first kappa shape index (κ1) is 20.8. The normalized spacial score (nSPS) is 11.4. The van der Waals surface area contributed by atoms with Crippen LogP contribution in [0, 0.1) is 0 Å². The summed E-state index contributed by atoms with van der Waals surface area (Å²) in [6.45, 7) is 3.55. The molecule has 0 spiro atoms. The average molecular weight is 346 g/mol. The summed E-state index contributed by atoms with van der Waals surface area (Å²) in [6.07, 6.45) is 4.30. The lowest BCUT2D eigenvalue weighted by Gasteiger charge is -2.08. The summed E-state index contributed by atoms with van der Waals surface area (Å²) in [6, 6.07) is 10.5. The predicted molar refractivity (Wildman–Crippen MR) is 96.9 cm³/mol. The number of para-hydroxylation sites is 1. The summed E-state index contributed by atoms with van der Waals surface area (Å²) in [5.41, 5.74) is 6.88. The quantitative estimate of drug-likeness (QED) is 0.757. The van der Waals surface area contributed by atoms with E-state index in [0.29, 0.717) is 13.0 Å². The van der Waals surface area contributed by atoms with E-state index in [4.69, 9.17) is 5.73 Å². The first-order chi connectivity index (χ1) is 9.66. The zero-order valence-electron chi connectivity index (χ0n) is 12.8. The fourth-order valence-corrected chi connectivity index (χ4v) is 2.26. The molecular weight excluding hydrogens is 321 g/mol. The van der Waals surface area contributed by atoms with Crippen molar-refractivity contribution < 1.29 is 4.79 Å². The minimum Gasteiger partial charge on any atom is -0.356 e. The van der Waals surface area contributed by atoms with Crippen molar-refractivity contribution in [3.05, 3.63) is 36.5 Å². The molecule has 2 aromatic rings. The highest BCUT2D eigenvalue weighted by Crippen LogP contribution is 2.15. The maximum Gasteiger partial charge on any atom is 0.220 e. The van der Waals surface area contributed by atoms with Gasteiger partial charge in [0.2, 0.25) is 5.91 Å². The van der Waals surface area contributed by atoms with Crippen molar-refractivity contribution in [3.8, 4) is 0 Å². The number of halogens is 2. The van der Waals surface area contributed by atoms with Gasteiger partial charge in [-0.05, 0) is 37.3 Å². The van der Waals surface area contributed by atoms with Crippen molar-refractivity contribution >= 4 is 41.6 Å². The number of amides is 1. The first-order valence-electron chi connectivity index (χ1n) is 7.23. The van der Waals surface area contributed by atoms with Crippen LogP contribution in [0.4, 0.5) is 0 Å². The van der Waals surface area contributed by atoms with Gasteiger partial charge < -0.3 is 15.6 Å². The number of aromatic nitrogens is 1. The number of fused-ring (bicyclic) bond motifs is 1. The van der Waals surface area contributed by atoms with Gasteiger partial charge in [-0.2, -0.15) is 0 Å². The molecule has 3 N–H and O–H groups in total. The standard InChI is InChI=1S/C16H23N3O.2ClH/c1-13(17)7-8-16(20)18-10-4-11-19-12-9-14-5-2-3-6-15(14)19;;/h2-3,5-6,9,12-13H,4,7-8,10-11,17H2,1H3,(H,18,20);2*1H. The Morgan fingerprint density at radius 2 is 2.00 bits per heavy atom. The van der Waals surface area contributed by atoms with Crippen LogP contribution in [0.2, 0.25) is 0 Å². The monoisotopic (exact) mass is 345 g/mol. The molecule has 124 valence electrons. The van der Waals surface area contributed by atoms with Crippen LogP contribution in [-0.4, -0.2) is 23.1 Å². The van der Waals surface area contributed by atoms with Gasteiger partial charge >= 0.3 is 0 Å². The maximum absolute atomic E-state index is 11.5. The summed E-state index contributed by atoms with van der Waals surface area (Å²) in [7, 11) is 0. The molecule has 0 saturated carbocycles. The van der Waals surface area contributed by atoms with Crippen molar-refractivity contribution in [1.29, 1.82) is 0 Å². The lowest BCUT2D eigenvalue weighted by Crippen LogP contribution is -2.27. The number of hydrogen-bond acceptors (Lipinski definition) is 2. The average Bonchev–Trinajstić information content (AvgIpc) is 2.85. The van der Waals surface area contributed by atoms with Crippen LogP contribution < -0.4 is 11.1 Å². The summed E-state index contributed by atoms with van der Waals surface area (Å²) < 4.78 is 2.23. The van der Waals surface area contributed by atoms with Gasteiger partial charge in [0.1, 0.15) is 0 Å². The Labute approximate surface area is 144 Å². The van der Waals surface area contributed by atoms with Crippen LogP contribution >= 0.6 is 24.8 Å². The second-order valence-corrected chi connectivity index (χ2v) is 5.29. The van der Waals surface area contributed by atoms with Crippen molar-refractivity contribution in [3.63, 3.8) is 0 Å². The van der Waals surface area contributed by atoms with Crippen LogP contribution in [0.5, 0.6) is 0 Å². The Morgan fingerprint density at radius 1 is 1.27 bits per heavy atom. The highest BCUT2D eigenvalue weighted by Gasteiger charge is 2.03. The number of benzene rings is 1. The van der Waals surface area contributed by atoms with E-state index in [1.807, 2.05) is 13.0 Å². The SMILES string of the molecule is CC(N)CCC(=O)NCCCn1ccc2ccccc21.Cl.Cl. The predicted octanol–water partition coefficient (Wildman–Crippen LogP) is 3.12. The van der Waals surface area contributed by atoms with Gasteiger partial charge in [-0.1, -0.05) is 18.2 Å². The Morgan fingerprint density at radius 3 is 2.73 bits per heavy atom. The lowest BCUT2D eigenvalue weighted by atomic mass is 10.2. The zero-order valence-corrected chi connectivity index (χ0v) is 14.5. The number of nitrogens with one attached hydrogen (secondary N) is 1. The summed E-state index contributed by atoms with van der Waals surface area (Å²) in [5, 5.41) is 4.20. The van der Waals surface area contributed by atoms with E-state index in [0.717, 1.165) is 19.4 Å². The first-order valence-corrected chi connectivity index (χ1v) is 7.23. The van der Waals surface area contributed by atoms with Crippen LogP contribution in [0.1, 0.15) is 26.2 Å². The number of carbonyl (C=O) groups is 1. The van der Waals surface area contributed by atoms with E-state index < -0.39 is 0 Å². The van der Waals surface area contributed by atoms with Gasteiger partial charge in [-0.25, -0.2) is 0 Å².